The Morgan fingerprint density at radius 1 is 0.737 bits per heavy atom. The molecular weight excluding hydrogens is 274 g/mol. The summed E-state index contributed by atoms with van der Waals surface area (Å²) in [5.74, 6) is 0. The van der Waals surface area contributed by atoms with Crippen molar-refractivity contribution in [3.8, 4) is 0 Å². The summed E-state index contributed by atoms with van der Waals surface area (Å²) in [6.45, 7) is 6.52. The van der Waals surface area contributed by atoms with Crippen molar-refractivity contribution in [2.75, 3.05) is 0 Å². The van der Waals surface area contributed by atoms with Crippen molar-refractivity contribution < 1.29 is 31.1 Å². The molecule has 7 heteroatoms. The molecule has 0 rings (SSSR count). The number of alkyl halides is 6. The van der Waals surface area contributed by atoms with Gasteiger partial charge in [-0.25, -0.2) is 26.3 Å². The molecule has 112 valence electrons. The standard InChI is InChI=1S/C12H16F6O/c1-3-7(5-9(13)11(15)16)19-8(4-2)6-10(14)12(17)18/h3-4,7-12H,1-2,5-6H2. The largest absolute Gasteiger partial charge is 0.367 e. The van der Waals surface area contributed by atoms with Crippen molar-refractivity contribution in [2.24, 2.45) is 0 Å². The molecule has 0 fully saturated rings. The van der Waals surface area contributed by atoms with Crippen LogP contribution in [0.2, 0.25) is 0 Å². The number of halogens is 6. The Hall–Kier alpha value is -0.980. The van der Waals surface area contributed by atoms with Gasteiger partial charge in [-0.3, -0.25) is 0 Å². The SMILES string of the molecule is C=CC(CC(F)C(F)F)OC(C=C)CC(F)C(F)F. The molecule has 0 radical (unpaired) electrons. The van der Waals surface area contributed by atoms with E-state index in [9.17, 15) is 26.3 Å². The van der Waals surface area contributed by atoms with Crippen LogP contribution in [0.15, 0.2) is 25.3 Å². The van der Waals surface area contributed by atoms with Crippen molar-refractivity contribution >= 4 is 0 Å². The summed E-state index contributed by atoms with van der Waals surface area (Å²) in [6.07, 6.45) is -12.7. The lowest BCUT2D eigenvalue weighted by Gasteiger charge is -2.22. The van der Waals surface area contributed by atoms with Gasteiger partial charge in [-0.15, -0.1) is 13.2 Å². The van der Waals surface area contributed by atoms with Crippen LogP contribution in [0.25, 0.3) is 0 Å². The first-order valence-electron chi connectivity index (χ1n) is 5.56. The maximum Gasteiger partial charge on any atom is 0.269 e. The normalized spacial score (nSPS) is 18.1. The van der Waals surface area contributed by atoms with Gasteiger partial charge in [0.25, 0.3) is 12.9 Å². The summed E-state index contributed by atoms with van der Waals surface area (Å²) < 4.78 is 78.7. The number of hydrogen-bond donors (Lipinski definition) is 0. The zero-order valence-electron chi connectivity index (χ0n) is 10.1. The Bertz CT molecular complexity index is 245. The van der Waals surface area contributed by atoms with Gasteiger partial charge in [0.2, 0.25) is 0 Å². The third-order valence-corrected chi connectivity index (χ3v) is 2.34. The topological polar surface area (TPSA) is 9.23 Å². The van der Waals surface area contributed by atoms with Gasteiger partial charge in [0.15, 0.2) is 12.3 Å². The molecule has 1 nitrogen and oxygen atoms in total. The molecule has 0 saturated carbocycles. The van der Waals surface area contributed by atoms with Crippen molar-refractivity contribution in [2.45, 2.75) is 50.2 Å². The number of rotatable bonds is 10. The zero-order chi connectivity index (χ0) is 15.0. The van der Waals surface area contributed by atoms with Crippen LogP contribution in [0, 0.1) is 0 Å². The van der Waals surface area contributed by atoms with Gasteiger partial charge < -0.3 is 4.74 Å². The third-order valence-electron chi connectivity index (χ3n) is 2.34. The highest BCUT2D eigenvalue weighted by molar-refractivity contribution is 4.89. The second-order valence-electron chi connectivity index (χ2n) is 3.86. The van der Waals surface area contributed by atoms with E-state index in [1.54, 1.807) is 0 Å². The minimum absolute atomic E-state index is 0.683. The van der Waals surface area contributed by atoms with Gasteiger partial charge in [-0.1, -0.05) is 12.2 Å². The van der Waals surface area contributed by atoms with E-state index in [0.717, 1.165) is 12.2 Å². The molecule has 0 spiro atoms. The monoisotopic (exact) mass is 290 g/mol. The van der Waals surface area contributed by atoms with E-state index in [1.165, 1.54) is 0 Å². The summed E-state index contributed by atoms with van der Waals surface area (Å²) >= 11 is 0. The third kappa shape index (κ3) is 7.25. The lowest BCUT2D eigenvalue weighted by Crippen LogP contribution is -2.28. The van der Waals surface area contributed by atoms with Crippen LogP contribution in [0.1, 0.15) is 12.8 Å². The van der Waals surface area contributed by atoms with Gasteiger partial charge in [-0.2, -0.15) is 0 Å². The maximum absolute atomic E-state index is 12.8. The summed E-state index contributed by atoms with van der Waals surface area (Å²) in [5, 5.41) is 0. The van der Waals surface area contributed by atoms with Crippen LogP contribution in [0.5, 0.6) is 0 Å². The molecule has 0 aliphatic rings. The predicted octanol–water partition coefficient (Wildman–Crippen LogP) is 4.10. The number of ether oxygens (including phenoxy) is 1. The molecule has 0 amide bonds. The fourth-order valence-corrected chi connectivity index (χ4v) is 1.29. The minimum atomic E-state index is -3.18. The van der Waals surface area contributed by atoms with Crippen LogP contribution in [-0.2, 0) is 4.74 Å². The maximum atomic E-state index is 12.8. The Kier molecular flexibility index (Phi) is 8.54. The first-order valence-corrected chi connectivity index (χ1v) is 5.56. The molecule has 19 heavy (non-hydrogen) atoms. The van der Waals surface area contributed by atoms with Crippen LogP contribution in [-0.4, -0.2) is 37.4 Å². The average molecular weight is 290 g/mol. The van der Waals surface area contributed by atoms with Crippen molar-refractivity contribution in [3.63, 3.8) is 0 Å². The summed E-state index contributed by atoms with van der Waals surface area (Å²) in [5.41, 5.74) is 0. The first kappa shape index (κ1) is 18.0. The lowest BCUT2D eigenvalue weighted by atomic mass is 10.1. The molecule has 4 unspecified atom stereocenters. The fourth-order valence-electron chi connectivity index (χ4n) is 1.29. The molecule has 4 atom stereocenters. The summed E-state index contributed by atoms with van der Waals surface area (Å²) in [6, 6.07) is 0. The molecule has 0 bridgehead atoms. The second kappa shape index (κ2) is 9.01. The highest BCUT2D eigenvalue weighted by atomic mass is 19.3. The van der Waals surface area contributed by atoms with E-state index in [-0.39, 0.29) is 0 Å². The number of hydrogen-bond acceptors (Lipinski definition) is 1. The molecule has 0 heterocycles. The van der Waals surface area contributed by atoms with Crippen molar-refractivity contribution in [1.29, 1.82) is 0 Å². The first-order chi connectivity index (χ1) is 8.81. The van der Waals surface area contributed by atoms with Gasteiger partial charge in [0, 0.05) is 12.8 Å². The quantitative estimate of drug-likeness (QED) is 0.435. The molecular formula is C12H16F6O. The van der Waals surface area contributed by atoms with Crippen LogP contribution in [0.3, 0.4) is 0 Å². The summed E-state index contributed by atoms with van der Waals surface area (Å²) in [4.78, 5) is 0. The Morgan fingerprint density at radius 2 is 1.05 bits per heavy atom. The van der Waals surface area contributed by atoms with E-state index in [0.29, 0.717) is 0 Å². The Balaban J connectivity index is 4.40. The van der Waals surface area contributed by atoms with Crippen LogP contribution < -0.4 is 0 Å². The summed E-state index contributed by atoms with van der Waals surface area (Å²) in [7, 11) is 0. The average Bonchev–Trinajstić information content (AvgIpc) is 2.35. The van der Waals surface area contributed by atoms with E-state index in [2.05, 4.69) is 13.2 Å². The van der Waals surface area contributed by atoms with Gasteiger partial charge in [0.1, 0.15) is 0 Å². The Morgan fingerprint density at radius 3 is 1.26 bits per heavy atom. The highest BCUT2D eigenvalue weighted by Crippen LogP contribution is 2.20. The smallest absolute Gasteiger partial charge is 0.269 e. The van der Waals surface area contributed by atoms with Gasteiger partial charge in [-0.05, 0) is 0 Å². The molecule has 0 saturated heterocycles. The molecule has 0 aromatic rings. The van der Waals surface area contributed by atoms with Crippen molar-refractivity contribution in [3.05, 3.63) is 25.3 Å². The predicted molar refractivity (Wildman–Crippen MR) is 60.1 cm³/mol. The Labute approximate surface area is 107 Å². The lowest BCUT2D eigenvalue weighted by molar-refractivity contribution is -0.0358. The van der Waals surface area contributed by atoms with E-state index in [1.807, 2.05) is 0 Å². The van der Waals surface area contributed by atoms with E-state index >= 15 is 0 Å². The van der Waals surface area contributed by atoms with E-state index < -0.39 is 50.2 Å². The fraction of sp³-hybridized carbons (Fsp3) is 0.667. The molecule has 0 aromatic carbocycles. The van der Waals surface area contributed by atoms with Crippen LogP contribution in [0.4, 0.5) is 26.3 Å². The minimum Gasteiger partial charge on any atom is -0.367 e. The highest BCUT2D eigenvalue weighted by Gasteiger charge is 2.27. The zero-order valence-corrected chi connectivity index (χ0v) is 10.1. The molecule has 0 N–H and O–H groups in total. The van der Waals surface area contributed by atoms with Gasteiger partial charge >= 0.3 is 0 Å². The van der Waals surface area contributed by atoms with Gasteiger partial charge in [0.05, 0.1) is 12.2 Å². The van der Waals surface area contributed by atoms with Crippen LogP contribution >= 0.6 is 0 Å². The molecule has 0 aliphatic heterocycles. The second-order valence-corrected chi connectivity index (χ2v) is 3.86. The molecule has 0 aliphatic carbocycles. The molecule has 0 aromatic heterocycles. The van der Waals surface area contributed by atoms with E-state index in [4.69, 9.17) is 4.74 Å². The van der Waals surface area contributed by atoms with Crippen molar-refractivity contribution in [1.82, 2.24) is 0 Å².